The fraction of sp³-hybridized carbons (Fsp3) is 0.235. The lowest BCUT2D eigenvalue weighted by atomic mass is 9.94. The lowest BCUT2D eigenvalue weighted by molar-refractivity contribution is 0.0956. The standard InChI is InChI=1S/C17H17BrN2O/c18-14-5-1-3-12(9-14)16(19)13-7-6-11-4-2-8-20-17(21)15(11)10-13/h1,3,5-7,9-10,16H,2,4,8,19H2,(H,20,21). The van der Waals surface area contributed by atoms with Crippen molar-refractivity contribution in [3.8, 4) is 0 Å². The molecule has 0 fully saturated rings. The van der Waals surface area contributed by atoms with E-state index in [0.717, 1.165) is 46.1 Å². The highest BCUT2D eigenvalue weighted by molar-refractivity contribution is 9.10. The first-order chi connectivity index (χ1) is 10.1. The van der Waals surface area contributed by atoms with Crippen molar-refractivity contribution in [2.45, 2.75) is 18.9 Å². The molecule has 1 atom stereocenters. The Morgan fingerprint density at radius 2 is 1.95 bits per heavy atom. The summed E-state index contributed by atoms with van der Waals surface area (Å²) in [5.74, 6) is 0.00536. The van der Waals surface area contributed by atoms with Crippen molar-refractivity contribution in [1.29, 1.82) is 0 Å². The van der Waals surface area contributed by atoms with Crippen LogP contribution in [0.1, 0.15) is 39.5 Å². The third-order valence-corrected chi connectivity index (χ3v) is 4.35. The third kappa shape index (κ3) is 3.01. The lowest BCUT2D eigenvalue weighted by Crippen LogP contribution is -2.23. The molecule has 3 N–H and O–H groups in total. The van der Waals surface area contributed by atoms with E-state index in [1.807, 2.05) is 42.5 Å². The highest BCUT2D eigenvalue weighted by Gasteiger charge is 2.18. The normalized spacial score (nSPS) is 15.8. The van der Waals surface area contributed by atoms with Crippen LogP contribution in [0.15, 0.2) is 46.9 Å². The second kappa shape index (κ2) is 6.00. The molecule has 2 aromatic carbocycles. The van der Waals surface area contributed by atoms with E-state index in [9.17, 15) is 4.79 Å². The van der Waals surface area contributed by atoms with E-state index in [0.29, 0.717) is 0 Å². The summed E-state index contributed by atoms with van der Waals surface area (Å²) in [6.07, 6.45) is 1.91. The number of halogens is 1. The van der Waals surface area contributed by atoms with Crippen molar-refractivity contribution in [2.24, 2.45) is 5.73 Å². The van der Waals surface area contributed by atoms with E-state index < -0.39 is 0 Å². The van der Waals surface area contributed by atoms with Crippen LogP contribution in [0, 0.1) is 0 Å². The Morgan fingerprint density at radius 1 is 1.14 bits per heavy atom. The largest absolute Gasteiger partial charge is 0.352 e. The fourth-order valence-electron chi connectivity index (χ4n) is 2.69. The second-order valence-electron chi connectivity index (χ2n) is 5.31. The van der Waals surface area contributed by atoms with E-state index in [2.05, 4.69) is 21.2 Å². The van der Waals surface area contributed by atoms with E-state index in [4.69, 9.17) is 5.73 Å². The van der Waals surface area contributed by atoms with Crippen molar-refractivity contribution >= 4 is 21.8 Å². The smallest absolute Gasteiger partial charge is 0.251 e. The fourth-order valence-corrected chi connectivity index (χ4v) is 3.10. The van der Waals surface area contributed by atoms with E-state index in [1.54, 1.807) is 0 Å². The molecule has 1 unspecified atom stereocenters. The average Bonchev–Trinajstić information content (AvgIpc) is 2.68. The summed E-state index contributed by atoms with van der Waals surface area (Å²) in [6.45, 7) is 0.737. The number of fused-ring (bicyclic) bond motifs is 1. The number of nitrogens with two attached hydrogens (primary N) is 1. The van der Waals surface area contributed by atoms with Crippen LogP contribution in [0.5, 0.6) is 0 Å². The van der Waals surface area contributed by atoms with Crippen LogP contribution in [-0.2, 0) is 6.42 Å². The van der Waals surface area contributed by atoms with E-state index in [-0.39, 0.29) is 11.9 Å². The van der Waals surface area contributed by atoms with Crippen molar-refractivity contribution in [2.75, 3.05) is 6.54 Å². The molecule has 0 bridgehead atoms. The summed E-state index contributed by atoms with van der Waals surface area (Å²) < 4.78 is 1.00. The van der Waals surface area contributed by atoms with Gasteiger partial charge in [0.05, 0.1) is 6.04 Å². The quantitative estimate of drug-likeness (QED) is 0.878. The molecule has 1 aliphatic rings. The number of hydrogen-bond donors (Lipinski definition) is 2. The molecule has 2 aromatic rings. The van der Waals surface area contributed by atoms with Crippen LogP contribution in [0.4, 0.5) is 0 Å². The van der Waals surface area contributed by atoms with Gasteiger partial charge >= 0.3 is 0 Å². The Morgan fingerprint density at radius 3 is 2.76 bits per heavy atom. The van der Waals surface area contributed by atoms with E-state index >= 15 is 0 Å². The molecule has 0 aliphatic carbocycles. The number of carbonyl (C=O) groups excluding carboxylic acids is 1. The van der Waals surface area contributed by atoms with Gasteiger partial charge in [-0.15, -0.1) is 0 Å². The Balaban J connectivity index is 1.98. The third-order valence-electron chi connectivity index (χ3n) is 3.85. The van der Waals surface area contributed by atoms with Gasteiger partial charge in [-0.2, -0.15) is 0 Å². The minimum absolute atomic E-state index is 0.00536. The van der Waals surface area contributed by atoms with Gasteiger partial charge in [0.2, 0.25) is 0 Å². The monoisotopic (exact) mass is 344 g/mol. The van der Waals surface area contributed by atoms with Gasteiger partial charge in [-0.25, -0.2) is 0 Å². The Labute approximate surface area is 132 Å². The number of amides is 1. The molecule has 1 amide bonds. The molecule has 3 nitrogen and oxygen atoms in total. The van der Waals surface area contributed by atoms with Crippen LogP contribution < -0.4 is 11.1 Å². The second-order valence-corrected chi connectivity index (χ2v) is 6.22. The van der Waals surface area contributed by atoms with Crippen LogP contribution >= 0.6 is 15.9 Å². The molecule has 1 heterocycles. The van der Waals surface area contributed by atoms with Crippen molar-refractivity contribution < 1.29 is 4.79 Å². The van der Waals surface area contributed by atoms with Crippen LogP contribution in [-0.4, -0.2) is 12.5 Å². The van der Waals surface area contributed by atoms with Gasteiger partial charge in [-0.3, -0.25) is 4.79 Å². The topological polar surface area (TPSA) is 55.1 Å². The van der Waals surface area contributed by atoms with Gasteiger partial charge in [0, 0.05) is 16.6 Å². The number of aryl methyl sites for hydroxylation is 1. The minimum atomic E-state index is -0.233. The number of hydrogen-bond acceptors (Lipinski definition) is 2. The lowest BCUT2D eigenvalue weighted by Gasteiger charge is -2.15. The minimum Gasteiger partial charge on any atom is -0.352 e. The predicted octanol–water partition coefficient (Wildman–Crippen LogP) is 3.17. The summed E-state index contributed by atoms with van der Waals surface area (Å²) in [5, 5.41) is 2.93. The summed E-state index contributed by atoms with van der Waals surface area (Å²) >= 11 is 3.46. The Hall–Kier alpha value is -1.65. The zero-order valence-corrected chi connectivity index (χ0v) is 13.2. The van der Waals surface area contributed by atoms with Gasteiger partial charge in [0.1, 0.15) is 0 Å². The van der Waals surface area contributed by atoms with Gasteiger partial charge in [0.25, 0.3) is 5.91 Å². The molecule has 108 valence electrons. The first kappa shape index (κ1) is 14.3. The molecule has 0 radical (unpaired) electrons. The maximum absolute atomic E-state index is 12.1. The highest BCUT2D eigenvalue weighted by Crippen LogP contribution is 2.25. The summed E-state index contributed by atoms with van der Waals surface area (Å²) in [4.78, 5) is 12.1. The van der Waals surface area contributed by atoms with Gasteiger partial charge < -0.3 is 11.1 Å². The molecule has 21 heavy (non-hydrogen) atoms. The van der Waals surface area contributed by atoms with Crippen molar-refractivity contribution in [1.82, 2.24) is 5.32 Å². The molecule has 1 aliphatic heterocycles. The molecule has 0 saturated carbocycles. The highest BCUT2D eigenvalue weighted by atomic mass is 79.9. The Kier molecular flexibility index (Phi) is 4.08. The van der Waals surface area contributed by atoms with Gasteiger partial charge in [-0.05, 0) is 47.7 Å². The average molecular weight is 345 g/mol. The number of benzene rings is 2. The molecule has 3 rings (SSSR count). The van der Waals surface area contributed by atoms with Gasteiger partial charge in [-0.1, -0.05) is 40.2 Å². The summed E-state index contributed by atoms with van der Waals surface area (Å²) in [7, 11) is 0. The zero-order valence-electron chi connectivity index (χ0n) is 11.6. The van der Waals surface area contributed by atoms with Crippen molar-refractivity contribution in [3.05, 3.63) is 69.2 Å². The first-order valence-corrected chi connectivity index (χ1v) is 7.86. The van der Waals surface area contributed by atoms with Gasteiger partial charge in [0.15, 0.2) is 0 Å². The molecular formula is C17H17BrN2O. The van der Waals surface area contributed by atoms with Crippen LogP contribution in [0.25, 0.3) is 0 Å². The molecule has 0 aromatic heterocycles. The maximum atomic E-state index is 12.1. The molecule has 0 saturated heterocycles. The Bertz CT molecular complexity index is 684. The van der Waals surface area contributed by atoms with E-state index in [1.165, 1.54) is 0 Å². The summed E-state index contributed by atoms with van der Waals surface area (Å²) in [5.41, 5.74) is 10.2. The number of nitrogens with one attached hydrogen (secondary N) is 1. The maximum Gasteiger partial charge on any atom is 0.251 e. The molecule has 0 spiro atoms. The summed E-state index contributed by atoms with van der Waals surface area (Å²) in [6, 6.07) is 13.7. The first-order valence-electron chi connectivity index (χ1n) is 7.07. The van der Waals surface area contributed by atoms with Crippen LogP contribution in [0.3, 0.4) is 0 Å². The molecule has 4 heteroatoms. The zero-order chi connectivity index (χ0) is 14.8. The number of carbonyl (C=O) groups is 1. The van der Waals surface area contributed by atoms with Crippen molar-refractivity contribution in [3.63, 3.8) is 0 Å². The van der Waals surface area contributed by atoms with Crippen LogP contribution in [0.2, 0.25) is 0 Å². The predicted molar refractivity (Wildman–Crippen MR) is 87.3 cm³/mol. The number of rotatable bonds is 2. The molecular weight excluding hydrogens is 328 g/mol. The SMILES string of the molecule is NC(c1cccc(Br)c1)c1ccc2c(c1)C(=O)NCCC2.